The fourth-order valence-corrected chi connectivity index (χ4v) is 1.50. The molecular formula is C14H14ClF3N2O2. The minimum atomic E-state index is -4.60. The van der Waals surface area contributed by atoms with Crippen molar-refractivity contribution >= 4 is 17.7 Å². The normalized spacial score (nSPS) is 11.4. The summed E-state index contributed by atoms with van der Waals surface area (Å²) in [6, 6.07) is 1.99. The number of amides is 1. The maximum atomic E-state index is 12.6. The highest BCUT2D eigenvalue weighted by Crippen LogP contribution is 2.29. The summed E-state index contributed by atoms with van der Waals surface area (Å²) in [6.45, 7) is 5.04. The molecule has 0 aromatic carbocycles. The Labute approximate surface area is 131 Å². The highest BCUT2D eigenvalue weighted by atomic mass is 35.5. The summed E-state index contributed by atoms with van der Waals surface area (Å²) in [4.78, 5) is 14.5. The molecule has 0 atom stereocenters. The number of aromatic nitrogens is 1. The van der Waals surface area contributed by atoms with Crippen LogP contribution in [0.25, 0.3) is 0 Å². The van der Waals surface area contributed by atoms with Crippen LogP contribution in [0, 0.1) is 11.8 Å². The van der Waals surface area contributed by atoms with E-state index in [1.54, 1.807) is 20.8 Å². The number of ether oxygens (including phenoxy) is 1. The van der Waals surface area contributed by atoms with Crippen molar-refractivity contribution in [3.8, 4) is 11.8 Å². The third-order valence-electron chi connectivity index (χ3n) is 2.04. The summed E-state index contributed by atoms with van der Waals surface area (Å²) < 4.78 is 42.6. The molecule has 1 aromatic rings. The van der Waals surface area contributed by atoms with E-state index in [4.69, 9.17) is 16.3 Å². The number of halogens is 4. The molecule has 4 nitrogen and oxygen atoms in total. The SMILES string of the molecule is CC(C)(C)OC(=O)NCC#Cc1cc(Cl)nc(C(F)(F)F)c1. The third-order valence-corrected chi connectivity index (χ3v) is 2.23. The van der Waals surface area contributed by atoms with Gasteiger partial charge in [0.2, 0.25) is 0 Å². The Morgan fingerprint density at radius 3 is 2.55 bits per heavy atom. The van der Waals surface area contributed by atoms with Crippen LogP contribution in [0.1, 0.15) is 32.0 Å². The number of hydrogen-bond acceptors (Lipinski definition) is 3. The number of hydrogen-bond donors (Lipinski definition) is 1. The fourth-order valence-electron chi connectivity index (χ4n) is 1.29. The van der Waals surface area contributed by atoms with Crippen LogP contribution in [0.2, 0.25) is 5.15 Å². The average molecular weight is 335 g/mol. The second kappa shape index (κ2) is 6.88. The summed E-state index contributed by atoms with van der Waals surface area (Å²) in [5.74, 6) is 4.98. The van der Waals surface area contributed by atoms with Gasteiger partial charge in [-0.3, -0.25) is 0 Å². The van der Waals surface area contributed by atoms with E-state index in [1.165, 1.54) is 6.07 Å². The second-order valence-electron chi connectivity index (χ2n) is 5.22. The predicted octanol–water partition coefficient (Wildman–Crippen LogP) is 3.63. The first-order valence-electron chi connectivity index (χ1n) is 6.18. The van der Waals surface area contributed by atoms with Crippen LogP contribution in [0.5, 0.6) is 0 Å². The Hall–Kier alpha value is -1.94. The maximum Gasteiger partial charge on any atom is 0.433 e. The topological polar surface area (TPSA) is 51.2 Å². The molecule has 0 aliphatic carbocycles. The highest BCUT2D eigenvalue weighted by molar-refractivity contribution is 6.29. The lowest BCUT2D eigenvalue weighted by Crippen LogP contribution is -2.32. The van der Waals surface area contributed by atoms with Gasteiger partial charge in [0.25, 0.3) is 0 Å². The first-order chi connectivity index (χ1) is 9.97. The zero-order valence-corrected chi connectivity index (χ0v) is 12.9. The molecule has 0 saturated carbocycles. The van der Waals surface area contributed by atoms with Crippen molar-refractivity contribution < 1.29 is 22.7 Å². The van der Waals surface area contributed by atoms with Gasteiger partial charge in [-0.1, -0.05) is 23.4 Å². The van der Waals surface area contributed by atoms with E-state index < -0.39 is 23.6 Å². The van der Waals surface area contributed by atoms with Gasteiger partial charge < -0.3 is 10.1 Å². The first-order valence-corrected chi connectivity index (χ1v) is 6.56. The van der Waals surface area contributed by atoms with Crippen molar-refractivity contribution in [2.75, 3.05) is 6.54 Å². The van der Waals surface area contributed by atoms with E-state index in [0.717, 1.165) is 6.07 Å². The third kappa shape index (κ3) is 6.68. The van der Waals surface area contributed by atoms with E-state index in [-0.39, 0.29) is 17.3 Å². The number of carbonyl (C=O) groups excluding carboxylic acids is 1. The second-order valence-corrected chi connectivity index (χ2v) is 5.61. The van der Waals surface area contributed by atoms with E-state index in [1.807, 2.05) is 0 Å². The van der Waals surface area contributed by atoms with Gasteiger partial charge >= 0.3 is 12.3 Å². The number of pyridine rings is 1. The van der Waals surface area contributed by atoms with E-state index in [2.05, 4.69) is 22.1 Å². The minimum absolute atomic E-state index is 0.0540. The zero-order chi connectivity index (χ0) is 17.0. The molecule has 1 N–H and O–H groups in total. The first kappa shape index (κ1) is 18.1. The van der Waals surface area contributed by atoms with Gasteiger partial charge in [-0.25, -0.2) is 9.78 Å². The van der Waals surface area contributed by atoms with E-state index in [9.17, 15) is 18.0 Å². The molecule has 1 rings (SSSR count). The Kier molecular flexibility index (Phi) is 5.66. The van der Waals surface area contributed by atoms with Crippen LogP contribution in [-0.4, -0.2) is 23.2 Å². The van der Waals surface area contributed by atoms with Gasteiger partial charge in [0.05, 0.1) is 6.54 Å². The number of nitrogens with one attached hydrogen (secondary N) is 1. The maximum absolute atomic E-state index is 12.6. The van der Waals surface area contributed by atoms with Crippen molar-refractivity contribution in [1.82, 2.24) is 10.3 Å². The highest BCUT2D eigenvalue weighted by Gasteiger charge is 2.33. The lowest BCUT2D eigenvalue weighted by Gasteiger charge is -2.19. The summed E-state index contributed by atoms with van der Waals surface area (Å²) >= 11 is 5.52. The Balaban J connectivity index is 2.69. The van der Waals surface area contributed by atoms with Gasteiger partial charge in [-0.15, -0.1) is 0 Å². The quantitative estimate of drug-likeness (QED) is 0.630. The summed E-state index contributed by atoms with van der Waals surface area (Å²) in [7, 11) is 0. The van der Waals surface area contributed by atoms with Crippen molar-refractivity contribution in [1.29, 1.82) is 0 Å². The summed E-state index contributed by atoms with van der Waals surface area (Å²) in [6.07, 6.45) is -5.26. The molecule has 1 heterocycles. The van der Waals surface area contributed by atoms with Crippen molar-refractivity contribution in [3.05, 3.63) is 28.5 Å². The van der Waals surface area contributed by atoms with Gasteiger partial charge in [-0.05, 0) is 32.9 Å². The molecule has 1 amide bonds. The van der Waals surface area contributed by atoms with Crippen LogP contribution < -0.4 is 5.32 Å². The van der Waals surface area contributed by atoms with Crippen molar-refractivity contribution in [2.45, 2.75) is 32.5 Å². The molecule has 0 fully saturated rings. The van der Waals surface area contributed by atoms with Crippen LogP contribution in [0.4, 0.5) is 18.0 Å². The van der Waals surface area contributed by atoms with Crippen LogP contribution in [-0.2, 0) is 10.9 Å². The van der Waals surface area contributed by atoms with Gasteiger partial charge in [0.1, 0.15) is 16.4 Å². The van der Waals surface area contributed by atoms with Crippen molar-refractivity contribution in [3.63, 3.8) is 0 Å². The number of alkyl carbamates (subject to hydrolysis) is 1. The molecule has 0 aliphatic rings. The molecule has 0 bridgehead atoms. The molecule has 22 heavy (non-hydrogen) atoms. The lowest BCUT2D eigenvalue weighted by molar-refractivity contribution is -0.141. The summed E-state index contributed by atoms with van der Waals surface area (Å²) in [5.41, 5.74) is -1.71. The molecular weight excluding hydrogens is 321 g/mol. The fraction of sp³-hybridized carbons (Fsp3) is 0.429. The predicted molar refractivity (Wildman–Crippen MR) is 75.4 cm³/mol. The number of carbonyl (C=O) groups is 1. The molecule has 0 spiro atoms. The van der Waals surface area contributed by atoms with Gasteiger partial charge in [-0.2, -0.15) is 13.2 Å². The average Bonchev–Trinajstić information content (AvgIpc) is 2.30. The van der Waals surface area contributed by atoms with Crippen LogP contribution in [0.3, 0.4) is 0 Å². The molecule has 0 unspecified atom stereocenters. The smallest absolute Gasteiger partial charge is 0.433 e. The molecule has 1 aromatic heterocycles. The monoisotopic (exact) mass is 334 g/mol. The number of nitrogens with zero attached hydrogens (tertiary/aromatic N) is 1. The molecule has 0 radical (unpaired) electrons. The Morgan fingerprint density at radius 1 is 1.36 bits per heavy atom. The standard InChI is InChI=1S/C14H14ClF3N2O2/c1-13(2,3)22-12(21)19-6-4-5-9-7-10(14(16,17)18)20-11(15)8-9/h7-8H,6H2,1-3H3,(H,19,21). The molecule has 0 aliphatic heterocycles. The lowest BCUT2D eigenvalue weighted by atomic mass is 10.2. The molecule has 0 saturated heterocycles. The van der Waals surface area contributed by atoms with Crippen LogP contribution in [0.15, 0.2) is 12.1 Å². The number of rotatable bonds is 1. The minimum Gasteiger partial charge on any atom is -0.444 e. The largest absolute Gasteiger partial charge is 0.444 e. The van der Waals surface area contributed by atoms with E-state index in [0.29, 0.717) is 0 Å². The zero-order valence-electron chi connectivity index (χ0n) is 12.1. The van der Waals surface area contributed by atoms with Gasteiger partial charge in [0, 0.05) is 5.56 Å². The number of alkyl halides is 3. The Morgan fingerprint density at radius 2 is 2.00 bits per heavy atom. The Bertz CT molecular complexity index is 613. The van der Waals surface area contributed by atoms with Gasteiger partial charge in [0.15, 0.2) is 0 Å². The molecule has 8 heteroatoms. The van der Waals surface area contributed by atoms with Crippen molar-refractivity contribution in [2.24, 2.45) is 0 Å². The van der Waals surface area contributed by atoms with Crippen LogP contribution >= 0.6 is 11.6 Å². The molecule has 120 valence electrons. The van der Waals surface area contributed by atoms with E-state index >= 15 is 0 Å². The summed E-state index contributed by atoms with van der Waals surface area (Å²) in [5, 5.41) is 2.06.